The zero-order valence-corrected chi connectivity index (χ0v) is 25.2. The van der Waals surface area contributed by atoms with Crippen LogP contribution in [0.5, 0.6) is 5.75 Å². The molecule has 0 aliphatic heterocycles. The van der Waals surface area contributed by atoms with Crippen molar-refractivity contribution in [1.82, 2.24) is 5.32 Å². The van der Waals surface area contributed by atoms with Crippen LogP contribution in [0, 0.1) is 0 Å². The SMILES string of the molecule is COc1cccc(/C=C(\NC(=O)c2ccccc2)C(=O)Nc2ccc(SC(C)C(=O)Nc3ccc(NC(C)=O)cc3)cc2)c1. The molecule has 0 fully saturated rings. The van der Waals surface area contributed by atoms with E-state index >= 15 is 0 Å². The molecule has 9 nitrogen and oxygen atoms in total. The number of carbonyl (C=O) groups is 4. The van der Waals surface area contributed by atoms with Gasteiger partial charge in [0.25, 0.3) is 11.8 Å². The lowest BCUT2D eigenvalue weighted by atomic mass is 10.1. The Bertz CT molecular complexity index is 1660. The van der Waals surface area contributed by atoms with Gasteiger partial charge in [0.2, 0.25) is 11.8 Å². The van der Waals surface area contributed by atoms with Crippen molar-refractivity contribution in [2.45, 2.75) is 24.0 Å². The third kappa shape index (κ3) is 9.33. The fourth-order valence-electron chi connectivity index (χ4n) is 4.00. The predicted molar refractivity (Wildman–Crippen MR) is 175 cm³/mol. The molecule has 4 aromatic carbocycles. The second-order valence-corrected chi connectivity index (χ2v) is 11.1. The second-order valence-electron chi connectivity index (χ2n) is 9.64. The highest BCUT2D eigenvalue weighted by Crippen LogP contribution is 2.26. The van der Waals surface area contributed by atoms with E-state index in [1.807, 2.05) is 0 Å². The third-order valence-electron chi connectivity index (χ3n) is 6.20. The number of hydrogen-bond acceptors (Lipinski definition) is 6. The van der Waals surface area contributed by atoms with E-state index in [9.17, 15) is 19.2 Å². The molecule has 4 rings (SSSR count). The fraction of sp³-hybridized carbons (Fsp3) is 0.118. The summed E-state index contributed by atoms with van der Waals surface area (Å²) in [6.07, 6.45) is 1.58. The Kier molecular flexibility index (Phi) is 10.9. The quantitative estimate of drug-likeness (QED) is 0.119. The van der Waals surface area contributed by atoms with E-state index in [0.717, 1.165) is 4.90 Å². The monoisotopic (exact) mass is 608 g/mol. The number of rotatable bonds is 11. The van der Waals surface area contributed by atoms with E-state index < -0.39 is 17.1 Å². The lowest BCUT2D eigenvalue weighted by Gasteiger charge is -2.14. The smallest absolute Gasteiger partial charge is 0.272 e. The number of methoxy groups -OCH3 is 1. The van der Waals surface area contributed by atoms with Crippen LogP contribution in [0.2, 0.25) is 0 Å². The number of amides is 4. The molecule has 0 aliphatic rings. The first kappa shape index (κ1) is 31.6. The number of benzene rings is 4. The highest BCUT2D eigenvalue weighted by molar-refractivity contribution is 8.00. The lowest BCUT2D eigenvalue weighted by molar-refractivity contribution is -0.115. The van der Waals surface area contributed by atoms with Crippen molar-refractivity contribution in [3.8, 4) is 5.75 Å². The average molecular weight is 609 g/mol. The first-order chi connectivity index (χ1) is 21.2. The van der Waals surface area contributed by atoms with Crippen molar-refractivity contribution in [1.29, 1.82) is 0 Å². The van der Waals surface area contributed by atoms with E-state index in [-0.39, 0.29) is 17.5 Å². The molecule has 0 aliphatic carbocycles. The molecule has 4 amide bonds. The van der Waals surface area contributed by atoms with E-state index in [1.54, 1.807) is 123 Å². The largest absolute Gasteiger partial charge is 0.497 e. The zero-order chi connectivity index (χ0) is 31.5. The summed E-state index contributed by atoms with van der Waals surface area (Å²) in [5, 5.41) is 10.7. The molecule has 1 atom stereocenters. The van der Waals surface area contributed by atoms with E-state index in [1.165, 1.54) is 18.7 Å². The Morgan fingerprint density at radius 1 is 0.750 bits per heavy atom. The molecule has 0 saturated carbocycles. The molecule has 4 aromatic rings. The Labute approximate surface area is 260 Å². The van der Waals surface area contributed by atoms with Gasteiger partial charge in [0, 0.05) is 34.4 Å². The summed E-state index contributed by atoms with van der Waals surface area (Å²) in [4.78, 5) is 51.0. The van der Waals surface area contributed by atoms with Crippen molar-refractivity contribution in [3.05, 3.63) is 120 Å². The van der Waals surface area contributed by atoms with Crippen LogP contribution in [0.15, 0.2) is 114 Å². The predicted octanol–water partition coefficient (Wildman–Crippen LogP) is 6.18. The number of carbonyl (C=O) groups excluding carboxylic acids is 4. The van der Waals surface area contributed by atoms with Crippen LogP contribution in [-0.2, 0) is 14.4 Å². The maximum absolute atomic E-state index is 13.3. The Hall–Kier alpha value is -5.35. The van der Waals surface area contributed by atoms with Crippen LogP contribution in [0.1, 0.15) is 29.8 Å². The normalized spacial score (nSPS) is 11.6. The maximum atomic E-state index is 13.3. The van der Waals surface area contributed by atoms with Crippen molar-refractivity contribution in [2.24, 2.45) is 0 Å². The lowest BCUT2D eigenvalue weighted by Crippen LogP contribution is -2.30. The molecule has 0 bridgehead atoms. The van der Waals surface area contributed by atoms with Gasteiger partial charge in [0.05, 0.1) is 12.4 Å². The van der Waals surface area contributed by atoms with Crippen LogP contribution >= 0.6 is 11.8 Å². The van der Waals surface area contributed by atoms with E-state index in [0.29, 0.717) is 33.9 Å². The second kappa shape index (κ2) is 15.2. The minimum atomic E-state index is -0.505. The van der Waals surface area contributed by atoms with Crippen molar-refractivity contribution >= 4 is 58.5 Å². The van der Waals surface area contributed by atoms with Crippen molar-refractivity contribution < 1.29 is 23.9 Å². The van der Waals surface area contributed by atoms with Gasteiger partial charge in [-0.2, -0.15) is 0 Å². The van der Waals surface area contributed by atoms with Gasteiger partial charge in [0.15, 0.2) is 0 Å². The fourth-order valence-corrected chi connectivity index (χ4v) is 4.86. The van der Waals surface area contributed by atoms with Gasteiger partial charge in [-0.1, -0.05) is 30.3 Å². The average Bonchev–Trinajstić information content (AvgIpc) is 3.02. The highest BCUT2D eigenvalue weighted by Gasteiger charge is 2.17. The molecule has 0 saturated heterocycles. The van der Waals surface area contributed by atoms with Gasteiger partial charge in [-0.05, 0) is 91.4 Å². The number of hydrogen-bond donors (Lipinski definition) is 4. The summed E-state index contributed by atoms with van der Waals surface area (Å²) in [6, 6.07) is 29.7. The molecule has 1 unspecified atom stereocenters. The van der Waals surface area contributed by atoms with Crippen LogP contribution < -0.4 is 26.0 Å². The summed E-state index contributed by atoms with van der Waals surface area (Å²) in [5.74, 6) is -0.658. The molecule has 10 heteroatoms. The van der Waals surface area contributed by atoms with Crippen LogP contribution in [-0.4, -0.2) is 36.0 Å². The van der Waals surface area contributed by atoms with Crippen molar-refractivity contribution in [3.63, 3.8) is 0 Å². The zero-order valence-electron chi connectivity index (χ0n) is 24.4. The maximum Gasteiger partial charge on any atom is 0.272 e. The van der Waals surface area contributed by atoms with Gasteiger partial charge in [-0.15, -0.1) is 11.8 Å². The molecular formula is C34H32N4O5S. The van der Waals surface area contributed by atoms with E-state index in [2.05, 4.69) is 21.3 Å². The summed E-state index contributed by atoms with van der Waals surface area (Å²) < 4.78 is 5.28. The van der Waals surface area contributed by atoms with E-state index in [4.69, 9.17) is 4.74 Å². The standard InChI is InChI=1S/C34H32N4O5S/c1-22(32(40)36-27-14-12-26(13-15-27)35-23(2)39)44-30-18-16-28(17-19-30)37-34(42)31(21-24-8-7-11-29(20-24)43-3)38-33(41)25-9-5-4-6-10-25/h4-22H,1-3H3,(H,35,39)(H,36,40)(H,37,42)(H,38,41)/b31-21-. The summed E-state index contributed by atoms with van der Waals surface area (Å²) in [7, 11) is 1.55. The van der Waals surface area contributed by atoms with Crippen LogP contribution in [0.4, 0.5) is 17.1 Å². The van der Waals surface area contributed by atoms with Crippen LogP contribution in [0.3, 0.4) is 0 Å². The number of nitrogens with one attached hydrogen (secondary N) is 4. The number of thioether (sulfide) groups is 1. The molecule has 224 valence electrons. The summed E-state index contributed by atoms with van der Waals surface area (Å²) in [6.45, 7) is 3.23. The minimum absolute atomic E-state index is 0.0564. The first-order valence-corrected chi connectivity index (χ1v) is 14.6. The molecular weight excluding hydrogens is 576 g/mol. The topological polar surface area (TPSA) is 126 Å². The minimum Gasteiger partial charge on any atom is -0.497 e. The van der Waals surface area contributed by atoms with Gasteiger partial charge in [0.1, 0.15) is 11.4 Å². The number of ether oxygens (including phenoxy) is 1. The molecule has 0 heterocycles. The summed E-state index contributed by atoms with van der Waals surface area (Å²) >= 11 is 1.37. The third-order valence-corrected chi connectivity index (χ3v) is 7.31. The summed E-state index contributed by atoms with van der Waals surface area (Å²) in [5.41, 5.74) is 2.92. The van der Waals surface area contributed by atoms with Gasteiger partial charge < -0.3 is 26.0 Å². The molecule has 0 radical (unpaired) electrons. The molecule has 0 aromatic heterocycles. The van der Waals surface area contributed by atoms with Crippen LogP contribution in [0.25, 0.3) is 6.08 Å². The highest BCUT2D eigenvalue weighted by atomic mass is 32.2. The first-order valence-electron chi connectivity index (χ1n) is 13.7. The number of anilines is 3. The Morgan fingerprint density at radius 2 is 1.36 bits per heavy atom. The van der Waals surface area contributed by atoms with Gasteiger partial charge >= 0.3 is 0 Å². The molecule has 4 N–H and O–H groups in total. The van der Waals surface area contributed by atoms with Crippen molar-refractivity contribution in [2.75, 3.05) is 23.1 Å². The Morgan fingerprint density at radius 3 is 2.00 bits per heavy atom. The van der Waals surface area contributed by atoms with Gasteiger partial charge in [-0.25, -0.2) is 0 Å². The van der Waals surface area contributed by atoms with Gasteiger partial charge in [-0.3, -0.25) is 19.2 Å². The molecule has 0 spiro atoms. The Balaban J connectivity index is 1.40. The molecule has 44 heavy (non-hydrogen) atoms.